The fourth-order valence-corrected chi connectivity index (χ4v) is 6.06. The van der Waals surface area contributed by atoms with Gasteiger partial charge in [-0.05, 0) is 56.4 Å². The number of aliphatic hydroxyl groups is 1. The fourth-order valence-electron chi connectivity index (χ4n) is 6.06. The maximum Gasteiger partial charge on any atom is 0.411 e. The molecule has 5 heteroatoms. The third kappa shape index (κ3) is 5.57. The molecule has 194 valence electrons. The molecule has 0 bridgehead atoms. The molecular weight excluding hydrogens is 460 g/mol. The van der Waals surface area contributed by atoms with Crippen LogP contribution in [-0.4, -0.2) is 33.2 Å². The molecule has 1 aliphatic carbocycles. The van der Waals surface area contributed by atoms with E-state index in [-0.39, 0.29) is 12.1 Å². The van der Waals surface area contributed by atoms with E-state index in [9.17, 15) is 9.90 Å². The molecule has 5 nitrogen and oxygen atoms in total. The Bertz CT molecular complexity index is 1200. The smallest absolute Gasteiger partial charge is 0.411 e. The van der Waals surface area contributed by atoms with Gasteiger partial charge in [-0.25, -0.2) is 4.79 Å². The van der Waals surface area contributed by atoms with Gasteiger partial charge >= 0.3 is 6.09 Å². The predicted octanol–water partition coefficient (Wildman–Crippen LogP) is 7.37. The van der Waals surface area contributed by atoms with Crippen molar-refractivity contribution in [2.24, 2.45) is 0 Å². The molecule has 5 rings (SSSR count). The van der Waals surface area contributed by atoms with Crippen molar-refractivity contribution < 1.29 is 14.6 Å². The Balaban J connectivity index is 1.29. The number of carbonyl (C=O) groups excluding carboxylic acids is 1. The minimum atomic E-state index is -0.968. The molecule has 1 amide bonds. The second-order valence-corrected chi connectivity index (χ2v) is 11.4. The van der Waals surface area contributed by atoms with Crippen LogP contribution in [0.4, 0.5) is 4.79 Å². The molecule has 1 N–H and O–H groups in total. The summed E-state index contributed by atoms with van der Waals surface area (Å²) in [4.78, 5) is 19.9. The highest BCUT2D eigenvalue weighted by atomic mass is 16.6. The molecule has 1 aliphatic heterocycles. The first-order chi connectivity index (χ1) is 17.7. The average Bonchev–Trinajstić information content (AvgIpc) is 3.43. The van der Waals surface area contributed by atoms with Gasteiger partial charge in [-0.1, -0.05) is 73.5 Å². The SMILES string of the molecule is C[C@@H](c1ccc(-c2ccc(C3CCCC3)nc2)cc1)N1CC[C@](CC(C)(C)O)(c2ccccc2)OC1=O. The van der Waals surface area contributed by atoms with E-state index in [1.807, 2.05) is 43.5 Å². The molecule has 1 aromatic heterocycles. The summed E-state index contributed by atoms with van der Waals surface area (Å²) in [6.07, 6.45) is 7.73. The normalized spacial score (nSPS) is 21.6. The number of nitrogens with zero attached hydrogens (tertiary/aromatic N) is 2. The summed E-state index contributed by atoms with van der Waals surface area (Å²) in [6, 6.07) is 22.4. The molecule has 2 aliphatic rings. The standard InChI is InChI=1S/C32H38N2O3/c1-23(24-13-15-25(16-14-24)27-17-18-29(33-21-27)26-9-7-8-10-26)34-20-19-32(37-30(34)35,22-31(2,3)36)28-11-5-4-6-12-28/h4-6,11-18,21,23,26,36H,7-10,19-20,22H2,1-3H3/t23-,32-/m0/s1. The number of carbonyl (C=O) groups is 1. The van der Waals surface area contributed by atoms with E-state index in [0.29, 0.717) is 25.3 Å². The van der Waals surface area contributed by atoms with Crippen molar-refractivity contribution in [3.8, 4) is 11.1 Å². The van der Waals surface area contributed by atoms with Crippen molar-refractivity contribution in [1.29, 1.82) is 0 Å². The van der Waals surface area contributed by atoms with Gasteiger partial charge < -0.3 is 14.7 Å². The Morgan fingerprint density at radius 2 is 1.70 bits per heavy atom. The van der Waals surface area contributed by atoms with E-state index in [1.54, 1.807) is 18.7 Å². The number of cyclic esters (lactones) is 1. The monoisotopic (exact) mass is 498 g/mol. The zero-order chi connectivity index (χ0) is 26.0. The van der Waals surface area contributed by atoms with Crippen LogP contribution in [-0.2, 0) is 10.3 Å². The molecule has 1 saturated heterocycles. The first kappa shape index (κ1) is 25.5. The molecule has 2 fully saturated rings. The Kier molecular flexibility index (Phi) is 7.09. The number of rotatable bonds is 7. The summed E-state index contributed by atoms with van der Waals surface area (Å²) in [5.41, 5.74) is 3.62. The lowest BCUT2D eigenvalue weighted by molar-refractivity contribution is -0.101. The van der Waals surface area contributed by atoms with Crippen molar-refractivity contribution in [1.82, 2.24) is 9.88 Å². The second kappa shape index (κ2) is 10.3. The molecule has 0 unspecified atom stereocenters. The Labute approximate surface area is 220 Å². The Morgan fingerprint density at radius 1 is 1.03 bits per heavy atom. The van der Waals surface area contributed by atoms with Gasteiger partial charge in [0.1, 0.15) is 5.60 Å². The molecule has 2 aromatic carbocycles. The molecule has 3 aromatic rings. The van der Waals surface area contributed by atoms with Gasteiger partial charge in [-0.2, -0.15) is 0 Å². The van der Waals surface area contributed by atoms with E-state index >= 15 is 0 Å². The predicted molar refractivity (Wildman–Crippen MR) is 146 cm³/mol. The topological polar surface area (TPSA) is 62.7 Å². The lowest BCUT2D eigenvalue weighted by Gasteiger charge is -2.45. The number of pyridine rings is 1. The fraction of sp³-hybridized carbons (Fsp3) is 0.438. The number of aromatic nitrogens is 1. The van der Waals surface area contributed by atoms with Gasteiger partial charge in [0.2, 0.25) is 0 Å². The van der Waals surface area contributed by atoms with Crippen LogP contribution in [0, 0.1) is 0 Å². The largest absolute Gasteiger partial charge is 0.438 e. The maximum absolute atomic E-state index is 13.3. The van der Waals surface area contributed by atoms with E-state index in [4.69, 9.17) is 9.72 Å². The minimum absolute atomic E-state index is 0.125. The van der Waals surface area contributed by atoms with E-state index in [0.717, 1.165) is 22.3 Å². The molecule has 0 spiro atoms. The lowest BCUT2D eigenvalue weighted by Crippen LogP contribution is -2.51. The van der Waals surface area contributed by atoms with Gasteiger partial charge in [0.25, 0.3) is 0 Å². The summed E-state index contributed by atoms with van der Waals surface area (Å²) in [5.74, 6) is 0.616. The van der Waals surface area contributed by atoms with Crippen LogP contribution in [0.3, 0.4) is 0 Å². The lowest BCUT2D eigenvalue weighted by atomic mass is 9.80. The zero-order valence-electron chi connectivity index (χ0n) is 22.2. The van der Waals surface area contributed by atoms with E-state index in [1.165, 1.54) is 31.4 Å². The van der Waals surface area contributed by atoms with Gasteiger partial charge in [0.05, 0.1) is 11.6 Å². The summed E-state index contributed by atoms with van der Waals surface area (Å²) >= 11 is 0. The number of benzene rings is 2. The number of hydrogen-bond acceptors (Lipinski definition) is 4. The summed E-state index contributed by atoms with van der Waals surface area (Å²) < 4.78 is 6.16. The van der Waals surface area contributed by atoms with Crippen molar-refractivity contribution in [3.63, 3.8) is 0 Å². The third-order valence-corrected chi connectivity index (χ3v) is 8.05. The van der Waals surface area contributed by atoms with E-state index in [2.05, 4.69) is 36.4 Å². The Morgan fingerprint density at radius 3 is 2.30 bits per heavy atom. The first-order valence-corrected chi connectivity index (χ1v) is 13.6. The summed E-state index contributed by atoms with van der Waals surface area (Å²) in [5, 5.41) is 10.6. The van der Waals surface area contributed by atoms with Crippen molar-refractivity contribution in [2.45, 2.75) is 82.5 Å². The van der Waals surface area contributed by atoms with Gasteiger partial charge in [-0.3, -0.25) is 4.98 Å². The number of hydrogen-bond donors (Lipinski definition) is 1. The molecule has 2 heterocycles. The molecule has 37 heavy (non-hydrogen) atoms. The molecule has 1 saturated carbocycles. The number of amides is 1. The van der Waals surface area contributed by atoms with Crippen molar-refractivity contribution >= 4 is 6.09 Å². The maximum atomic E-state index is 13.3. The minimum Gasteiger partial charge on any atom is -0.438 e. The highest BCUT2D eigenvalue weighted by molar-refractivity contribution is 5.70. The number of ether oxygens (including phenoxy) is 1. The van der Waals surface area contributed by atoms with Crippen molar-refractivity contribution in [3.05, 3.63) is 89.7 Å². The molecule has 2 atom stereocenters. The van der Waals surface area contributed by atoms with Crippen LogP contribution in [0.2, 0.25) is 0 Å². The highest BCUT2D eigenvalue weighted by Gasteiger charge is 2.46. The summed E-state index contributed by atoms with van der Waals surface area (Å²) in [6.45, 7) is 6.12. The van der Waals surface area contributed by atoms with Crippen molar-refractivity contribution in [2.75, 3.05) is 6.54 Å². The molecule has 0 radical (unpaired) electrons. The van der Waals surface area contributed by atoms with Crippen LogP contribution >= 0.6 is 0 Å². The summed E-state index contributed by atoms with van der Waals surface area (Å²) in [7, 11) is 0. The van der Waals surface area contributed by atoms with E-state index < -0.39 is 11.2 Å². The Hall–Kier alpha value is -3.18. The quantitative estimate of drug-likeness (QED) is 0.369. The second-order valence-electron chi connectivity index (χ2n) is 11.4. The van der Waals surface area contributed by atoms with Crippen LogP contribution < -0.4 is 0 Å². The van der Waals surface area contributed by atoms with Crippen LogP contribution in [0.5, 0.6) is 0 Å². The average molecular weight is 499 g/mol. The molecular formula is C32H38N2O3. The zero-order valence-corrected chi connectivity index (χ0v) is 22.2. The van der Waals surface area contributed by atoms with Crippen LogP contribution in [0.1, 0.15) is 88.1 Å². The highest BCUT2D eigenvalue weighted by Crippen LogP contribution is 2.42. The third-order valence-electron chi connectivity index (χ3n) is 8.05. The van der Waals surface area contributed by atoms with Gasteiger partial charge in [-0.15, -0.1) is 0 Å². The van der Waals surface area contributed by atoms with Gasteiger partial charge in [0.15, 0.2) is 0 Å². The van der Waals surface area contributed by atoms with Crippen LogP contribution in [0.25, 0.3) is 11.1 Å². The first-order valence-electron chi connectivity index (χ1n) is 13.6. The van der Waals surface area contributed by atoms with Crippen LogP contribution in [0.15, 0.2) is 72.9 Å². The van der Waals surface area contributed by atoms with Gasteiger partial charge in [0, 0.05) is 42.8 Å².